The lowest BCUT2D eigenvalue weighted by Gasteiger charge is -2.69. The average molecular weight is 364 g/mol. The molecule has 26 heavy (non-hydrogen) atoms. The number of ketones is 1. The molecule has 0 aromatic heterocycles. The molecule has 0 heterocycles. The SMILES string of the molecule is CCCCCCCCCCCCCCCC(=O)NC12CC(C(C)=O)(C1)C2. The molecule has 0 unspecified atom stereocenters. The highest BCUT2D eigenvalue weighted by Gasteiger charge is 2.70. The third-order valence-corrected chi connectivity index (χ3v) is 6.69. The predicted octanol–water partition coefficient (Wildman–Crippen LogP) is 6.10. The molecule has 3 aliphatic rings. The van der Waals surface area contributed by atoms with E-state index in [9.17, 15) is 9.59 Å². The van der Waals surface area contributed by atoms with Gasteiger partial charge >= 0.3 is 0 Å². The van der Waals surface area contributed by atoms with Crippen LogP contribution in [0, 0.1) is 5.41 Å². The van der Waals surface area contributed by atoms with Gasteiger partial charge in [0.1, 0.15) is 5.78 Å². The first-order chi connectivity index (χ1) is 12.5. The van der Waals surface area contributed by atoms with Gasteiger partial charge in [-0.3, -0.25) is 9.59 Å². The Kier molecular flexibility index (Phi) is 8.63. The molecular weight excluding hydrogens is 322 g/mol. The lowest BCUT2D eigenvalue weighted by molar-refractivity contribution is -0.179. The van der Waals surface area contributed by atoms with Crippen LogP contribution < -0.4 is 5.32 Å². The Morgan fingerprint density at radius 1 is 0.731 bits per heavy atom. The largest absolute Gasteiger partial charge is 0.351 e. The second kappa shape index (κ2) is 10.5. The summed E-state index contributed by atoms with van der Waals surface area (Å²) < 4.78 is 0. The second-order valence-electron chi connectivity index (χ2n) is 9.19. The maximum Gasteiger partial charge on any atom is 0.220 e. The highest BCUT2D eigenvalue weighted by molar-refractivity contribution is 5.88. The van der Waals surface area contributed by atoms with Crippen LogP contribution in [0.4, 0.5) is 0 Å². The lowest BCUT2D eigenvalue weighted by Crippen LogP contribution is -2.76. The van der Waals surface area contributed by atoms with Gasteiger partial charge in [0.05, 0.1) is 0 Å². The van der Waals surface area contributed by atoms with E-state index in [2.05, 4.69) is 12.2 Å². The molecule has 150 valence electrons. The fraction of sp³-hybridized carbons (Fsp3) is 0.913. The van der Waals surface area contributed by atoms with E-state index in [1.54, 1.807) is 6.92 Å². The van der Waals surface area contributed by atoms with Crippen LogP contribution >= 0.6 is 0 Å². The molecule has 3 heteroatoms. The fourth-order valence-electron chi connectivity index (χ4n) is 4.96. The highest BCUT2D eigenvalue weighted by atomic mass is 16.2. The van der Waals surface area contributed by atoms with Crippen LogP contribution in [0.1, 0.15) is 123 Å². The van der Waals surface area contributed by atoms with Gasteiger partial charge in [0.15, 0.2) is 0 Å². The van der Waals surface area contributed by atoms with Crippen LogP contribution in [0.15, 0.2) is 0 Å². The first-order valence-corrected chi connectivity index (χ1v) is 11.3. The van der Waals surface area contributed by atoms with Crippen molar-refractivity contribution in [2.75, 3.05) is 0 Å². The van der Waals surface area contributed by atoms with Gasteiger partial charge in [-0.05, 0) is 32.6 Å². The predicted molar refractivity (Wildman–Crippen MR) is 108 cm³/mol. The van der Waals surface area contributed by atoms with Gasteiger partial charge in [-0.25, -0.2) is 0 Å². The summed E-state index contributed by atoms with van der Waals surface area (Å²) in [6.45, 7) is 3.96. The van der Waals surface area contributed by atoms with Crippen molar-refractivity contribution in [3.05, 3.63) is 0 Å². The zero-order valence-electron chi connectivity index (χ0n) is 17.3. The van der Waals surface area contributed by atoms with Crippen molar-refractivity contribution in [3.8, 4) is 0 Å². The molecule has 3 nitrogen and oxygen atoms in total. The van der Waals surface area contributed by atoms with Crippen LogP contribution in [0.25, 0.3) is 0 Å². The van der Waals surface area contributed by atoms with Crippen LogP contribution in [0.3, 0.4) is 0 Å². The molecule has 0 aliphatic heterocycles. The number of unbranched alkanes of at least 4 members (excludes halogenated alkanes) is 12. The van der Waals surface area contributed by atoms with E-state index in [0.29, 0.717) is 12.2 Å². The zero-order chi connectivity index (χ0) is 18.9. The quantitative estimate of drug-likeness (QED) is 0.337. The number of Topliss-reactive ketones (excluding diaryl/α,β-unsaturated/α-hetero) is 1. The van der Waals surface area contributed by atoms with Crippen LogP contribution in [0.5, 0.6) is 0 Å². The van der Waals surface area contributed by atoms with Gasteiger partial charge in [0, 0.05) is 17.4 Å². The third kappa shape index (κ3) is 6.09. The molecule has 0 saturated heterocycles. The molecule has 3 rings (SSSR count). The van der Waals surface area contributed by atoms with E-state index < -0.39 is 0 Å². The molecular formula is C23H41NO2. The van der Waals surface area contributed by atoms with Crippen molar-refractivity contribution < 1.29 is 9.59 Å². The number of carbonyl (C=O) groups is 2. The molecule has 0 aromatic rings. The molecule has 1 N–H and O–H groups in total. The number of hydrogen-bond acceptors (Lipinski definition) is 2. The maximum atomic E-state index is 12.1. The minimum Gasteiger partial charge on any atom is -0.351 e. The van der Waals surface area contributed by atoms with Crippen molar-refractivity contribution >= 4 is 11.7 Å². The molecule has 2 bridgehead atoms. The Hall–Kier alpha value is -0.860. The van der Waals surface area contributed by atoms with E-state index in [1.807, 2.05) is 0 Å². The third-order valence-electron chi connectivity index (χ3n) is 6.69. The summed E-state index contributed by atoms with van der Waals surface area (Å²) >= 11 is 0. The number of nitrogens with one attached hydrogen (secondary N) is 1. The molecule has 0 aromatic carbocycles. The number of rotatable bonds is 16. The van der Waals surface area contributed by atoms with Crippen molar-refractivity contribution in [1.82, 2.24) is 5.32 Å². The van der Waals surface area contributed by atoms with Gasteiger partial charge in [-0.15, -0.1) is 0 Å². The van der Waals surface area contributed by atoms with Crippen LogP contribution in [0.2, 0.25) is 0 Å². The zero-order valence-corrected chi connectivity index (χ0v) is 17.3. The normalized spacial score (nSPS) is 26.1. The Balaban J connectivity index is 1.33. The molecule has 3 aliphatic carbocycles. The van der Waals surface area contributed by atoms with E-state index in [0.717, 1.165) is 25.7 Å². The van der Waals surface area contributed by atoms with Gasteiger partial charge in [0.25, 0.3) is 0 Å². The Morgan fingerprint density at radius 2 is 1.15 bits per heavy atom. The van der Waals surface area contributed by atoms with E-state index in [1.165, 1.54) is 77.0 Å². The number of hydrogen-bond donors (Lipinski definition) is 1. The van der Waals surface area contributed by atoms with Gasteiger partial charge in [-0.1, -0.05) is 84.0 Å². The molecule has 3 fully saturated rings. The summed E-state index contributed by atoms with van der Waals surface area (Å²) in [4.78, 5) is 23.6. The Morgan fingerprint density at radius 3 is 1.58 bits per heavy atom. The lowest BCUT2D eigenvalue weighted by atomic mass is 9.38. The van der Waals surface area contributed by atoms with Crippen LogP contribution in [-0.2, 0) is 9.59 Å². The van der Waals surface area contributed by atoms with Gasteiger partial charge in [0.2, 0.25) is 5.91 Å². The Bertz CT molecular complexity index is 437. The van der Waals surface area contributed by atoms with Crippen molar-refractivity contribution in [1.29, 1.82) is 0 Å². The summed E-state index contributed by atoms with van der Waals surface area (Å²) in [6.07, 6.45) is 20.7. The Labute approximate surface area is 161 Å². The minimum atomic E-state index is -0.0528. The van der Waals surface area contributed by atoms with Crippen LogP contribution in [-0.4, -0.2) is 17.2 Å². The highest BCUT2D eigenvalue weighted by Crippen LogP contribution is 2.67. The van der Waals surface area contributed by atoms with E-state index in [-0.39, 0.29) is 16.9 Å². The summed E-state index contributed by atoms with van der Waals surface area (Å²) in [5.74, 6) is 0.509. The summed E-state index contributed by atoms with van der Waals surface area (Å²) in [7, 11) is 0. The minimum absolute atomic E-state index is 0.000702. The topological polar surface area (TPSA) is 46.2 Å². The first-order valence-electron chi connectivity index (χ1n) is 11.3. The average Bonchev–Trinajstić information content (AvgIpc) is 2.53. The standard InChI is InChI=1S/C23H41NO2/c1-3-4-5-6-7-8-9-10-11-12-13-14-15-16-21(26)24-23-17-22(18-23,19-23)20(2)25/h3-19H2,1-2H3,(H,24,26). The fourth-order valence-corrected chi connectivity index (χ4v) is 4.96. The summed E-state index contributed by atoms with van der Waals surface area (Å²) in [5.41, 5.74) is -0.0535. The second-order valence-corrected chi connectivity index (χ2v) is 9.19. The van der Waals surface area contributed by atoms with E-state index in [4.69, 9.17) is 0 Å². The monoisotopic (exact) mass is 363 g/mol. The van der Waals surface area contributed by atoms with Gasteiger partial charge < -0.3 is 5.32 Å². The van der Waals surface area contributed by atoms with Crippen molar-refractivity contribution in [2.45, 2.75) is 129 Å². The smallest absolute Gasteiger partial charge is 0.220 e. The maximum absolute atomic E-state index is 12.1. The van der Waals surface area contributed by atoms with Crippen molar-refractivity contribution in [3.63, 3.8) is 0 Å². The summed E-state index contributed by atoms with van der Waals surface area (Å²) in [6, 6.07) is 0. The number of carbonyl (C=O) groups excluding carboxylic acids is 2. The van der Waals surface area contributed by atoms with Gasteiger partial charge in [-0.2, -0.15) is 0 Å². The first kappa shape index (κ1) is 21.4. The molecule has 3 saturated carbocycles. The molecule has 0 radical (unpaired) electrons. The summed E-state index contributed by atoms with van der Waals surface area (Å²) in [5, 5.41) is 3.19. The number of amides is 1. The van der Waals surface area contributed by atoms with E-state index >= 15 is 0 Å². The molecule has 0 spiro atoms. The molecule has 1 amide bonds. The molecule has 0 atom stereocenters. The van der Waals surface area contributed by atoms with Crippen molar-refractivity contribution in [2.24, 2.45) is 5.41 Å².